The second-order valence-electron chi connectivity index (χ2n) is 6.13. The molecule has 0 aliphatic heterocycles. The molecule has 0 fully saturated rings. The molecule has 3 aromatic rings. The summed E-state index contributed by atoms with van der Waals surface area (Å²) < 4.78 is 7.65. The Morgan fingerprint density at radius 3 is 3.07 bits per heavy atom. The number of hydrogen-bond donors (Lipinski definition) is 1. The van der Waals surface area contributed by atoms with Gasteiger partial charge in [-0.1, -0.05) is 35.5 Å². The number of anilines is 1. The van der Waals surface area contributed by atoms with Crippen LogP contribution < -0.4 is 10.1 Å². The number of nitrogens with one attached hydrogen (secondary N) is 1. The number of benzene rings is 1. The first kappa shape index (κ1) is 21.9. The fraction of sp³-hybridized carbons (Fsp3) is 0.200. The van der Waals surface area contributed by atoms with Gasteiger partial charge >= 0.3 is 0 Å². The van der Waals surface area contributed by atoms with Crippen molar-refractivity contribution in [2.75, 3.05) is 11.1 Å². The summed E-state index contributed by atoms with van der Waals surface area (Å²) in [5, 5.41) is 23.5. The van der Waals surface area contributed by atoms with Gasteiger partial charge in [0.1, 0.15) is 23.4 Å². The predicted octanol–water partition coefficient (Wildman–Crippen LogP) is 4.67. The summed E-state index contributed by atoms with van der Waals surface area (Å²) in [4.78, 5) is 12.3. The van der Waals surface area contributed by atoms with Crippen molar-refractivity contribution in [1.82, 2.24) is 14.8 Å². The molecule has 0 saturated heterocycles. The molecule has 0 bridgehead atoms. The number of thioether (sulfide) groups is 1. The summed E-state index contributed by atoms with van der Waals surface area (Å²) in [6.45, 7) is 6.38. The van der Waals surface area contributed by atoms with Crippen LogP contribution in [-0.4, -0.2) is 26.4 Å². The molecule has 3 rings (SSSR count). The molecule has 10 heteroatoms. The van der Waals surface area contributed by atoms with Crippen LogP contribution in [-0.2, 0) is 17.9 Å². The van der Waals surface area contributed by atoms with E-state index in [-0.39, 0.29) is 18.3 Å². The zero-order valence-corrected chi connectivity index (χ0v) is 18.5. The highest BCUT2D eigenvalue weighted by molar-refractivity contribution is 7.99. The fourth-order valence-corrected chi connectivity index (χ4v) is 4.19. The lowest BCUT2D eigenvalue weighted by Crippen LogP contribution is -2.14. The van der Waals surface area contributed by atoms with Crippen LogP contribution in [0.15, 0.2) is 47.5 Å². The summed E-state index contributed by atoms with van der Waals surface area (Å²) in [6.07, 6.45) is 1.72. The van der Waals surface area contributed by atoms with Crippen LogP contribution in [0.3, 0.4) is 0 Å². The first-order chi connectivity index (χ1) is 14.5. The van der Waals surface area contributed by atoms with Gasteiger partial charge in [-0.2, -0.15) is 5.26 Å². The third-order valence-electron chi connectivity index (χ3n) is 3.92. The number of allylic oxidation sites excluding steroid dienone is 1. The van der Waals surface area contributed by atoms with Crippen molar-refractivity contribution in [3.63, 3.8) is 0 Å². The Morgan fingerprint density at radius 2 is 2.30 bits per heavy atom. The smallest absolute Gasteiger partial charge is 0.235 e. The second kappa shape index (κ2) is 10.3. The van der Waals surface area contributed by atoms with Crippen molar-refractivity contribution >= 4 is 45.6 Å². The lowest BCUT2D eigenvalue weighted by molar-refractivity contribution is -0.113. The minimum absolute atomic E-state index is 0.128. The average Bonchev–Trinajstić information content (AvgIpc) is 3.34. The molecule has 0 unspecified atom stereocenters. The Hall–Kier alpha value is -2.80. The summed E-state index contributed by atoms with van der Waals surface area (Å²) in [5.41, 5.74) is 1.48. The highest BCUT2D eigenvalue weighted by Crippen LogP contribution is 2.27. The molecule has 0 spiro atoms. The molecule has 0 radical (unpaired) electrons. The third kappa shape index (κ3) is 5.42. The van der Waals surface area contributed by atoms with E-state index in [9.17, 15) is 4.79 Å². The van der Waals surface area contributed by atoms with Crippen LogP contribution in [0.25, 0.3) is 0 Å². The molecule has 1 aromatic carbocycles. The van der Waals surface area contributed by atoms with E-state index in [1.165, 1.54) is 23.1 Å². The minimum atomic E-state index is -0.226. The minimum Gasteiger partial charge on any atom is -0.484 e. The molecular weight excluding hydrogens is 442 g/mol. The number of amides is 1. The van der Waals surface area contributed by atoms with Crippen molar-refractivity contribution in [3.8, 4) is 11.8 Å². The highest BCUT2D eigenvalue weighted by Gasteiger charge is 2.15. The van der Waals surface area contributed by atoms with Crippen LogP contribution >= 0.6 is 34.7 Å². The number of hydrogen-bond acceptors (Lipinski definition) is 7. The van der Waals surface area contributed by atoms with E-state index >= 15 is 0 Å². The highest BCUT2D eigenvalue weighted by atomic mass is 35.5. The molecule has 0 aliphatic carbocycles. The lowest BCUT2D eigenvalue weighted by atomic mass is 10.2. The Bertz CT molecular complexity index is 1100. The molecule has 1 amide bonds. The molecule has 2 heterocycles. The number of aryl methyl sites for hydroxylation is 1. The number of rotatable bonds is 9. The third-order valence-corrected chi connectivity index (χ3v) is 6.03. The Kier molecular flexibility index (Phi) is 7.52. The summed E-state index contributed by atoms with van der Waals surface area (Å²) in [6, 6.07) is 9.26. The topological polar surface area (TPSA) is 92.8 Å². The van der Waals surface area contributed by atoms with E-state index < -0.39 is 0 Å². The van der Waals surface area contributed by atoms with Gasteiger partial charge in [0.2, 0.25) is 5.91 Å². The van der Waals surface area contributed by atoms with Gasteiger partial charge in [0.25, 0.3) is 0 Å². The molecule has 0 aliphatic rings. The van der Waals surface area contributed by atoms with Gasteiger partial charge in [-0.05, 0) is 36.1 Å². The maximum atomic E-state index is 12.3. The van der Waals surface area contributed by atoms with Crippen molar-refractivity contribution in [1.29, 1.82) is 5.26 Å². The van der Waals surface area contributed by atoms with Crippen LogP contribution in [0.4, 0.5) is 5.00 Å². The predicted molar refractivity (Wildman–Crippen MR) is 119 cm³/mol. The monoisotopic (exact) mass is 459 g/mol. The number of halogens is 1. The largest absolute Gasteiger partial charge is 0.484 e. The van der Waals surface area contributed by atoms with Crippen molar-refractivity contribution < 1.29 is 9.53 Å². The van der Waals surface area contributed by atoms with Crippen LogP contribution in [0.2, 0.25) is 5.02 Å². The molecule has 154 valence electrons. The molecule has 2 aromatic heterocycles. The Morgan fingerprint density at radius 1 is 1.47 bits per heavy atom. The van der Waals surface area contributed by atoms with Crippen molar-refractivity contribution in [3.05, 3.63) is 64.3 Å². The summed E-state index contributed by atoms with van der Waals surface area (Å²) >= 11 is 8.74. The van der Waals surface area contributed by atoms with Crippen molar-refractivity contribution in [2.24, 2.45) is 0 Å². The standard InChI is InChI=1S/C20H18ClN5O2S2/c1-3-7-26-17(11-28-16-9-13(2)4-5-15(16)21)24-25-20(26)30-12-18(27)23-19-14(10-22)6-8-29-19/h3-6,8-9H,1,7,11-12H2,2H3,(H,23,27). The normalized spacial score (nSPS) is 10.4. The van der Waals surface area contributed by atoms with E-state index in [1.807, 2.05) is 29.7 Å². The molecule has 7 nitrogen and oxygen atoms in total. The quantitative estimate of drug-likeness (QED) is 0.369. The van der Waals surface area contributed by atoms with E-state index in [4.69, 9.17) is 21.6 Å². The van der Waals surface area contributed by atoms with Crippen LogP contribution in [0.5, 0.6) is 5.75 Å². The van der Waals surface area contributed by atoms with Gasteiger partial charge in [0.15, 0.2) is 11.0 Å². The Labute approximate surface area is 187 Å². The van der Waals surface area contributed by atoms with Gasteiger partial charge in [0, 0.05) is 6.54 Å². The van der Waals surface area contributed by atoms with E-state index in [0.29, 0.717) is 38.9 Å². The molecule has 0 saturated carbocycles. The molecular formula is C20H18ClN5O2S2. The number of carbonyl (C=O) groups is 1. The zero-order chi connectivity index (χ0) is 21.5. The fourth-order valence-electron chi connectivity index (χ4n) is 2.50. The first-order valence-corrected chi connectivity index (χ1v) is 11.1. The van der Waals surface area contributed by atoms with Gasteiger partial charge in [-0.25, -0.2) is 0 Å². The second-order valence-corrected chi connectivity index (χ2v) is 8.40. The van der Waals surface area contributed by atoms with Gasteiger partial charge in [-0.3, -0.25) is 9.36 Å². The molecule has 0 atom stereocenters. The van der Waals surface area contributed by atoms with E-state index in [1.54, 1.807) is 23.6 Å². The Balaban J connectivity index is 1.65. The number of carbonyl (C=O) groups excluding carboxylic acids is 1. The number of aromatic nitrogens is 3. The number of nitrogens with zero attached hydrogens (tertiary/aromatic N) is 4. The maximum absolute atomic E-state index is 12.3. The summed E-state index contributed by atoms with van der Waals surface area (Å²) in [5.74, 6) is 1.07. The van der Waals surface area contributed by atoms with E-state index in [0.717, 1.165) is 5.56 Å². The van der Waals surface area contributed by atoms with Crippen molar-refractivity contribution in [2.45, 2.75) is 25.2 Å². The lowest BCUT2D eigenvalue weighted by Gasteiger charge is -2.10. The van der Waals surface area contributed by atoms with Crippen LogP contribution in [0.1, 0.15) is 17.0 Å². The molecule has 30 heavy (non-hydrogen) atoms. The maximum Gasteiger partial charge on any atom is 0.235 e. The number of thiophene rings is 1. The van der Waals surface area contributed by atoms with E-state index in [2.05, 4.69) is 22.1 Å². The van der Waals surface area contributed by atoms with Crippen LogP contribution in [0, 0.1) is 18.3 Å². The summed E-state index contributed by atoms with van der Waals surface area (Å²) in [7, 11) is 0. The number of nitriles is 1. The van der Waals surface area contributed by atoms with Gasteiger partial charge in [-0.15, -0.1) is 28.1 Å². The van der Waals surface area contributed by atoms with Gasteiger partial charge < -0.3 is 10.1 Å². The zero-order valence-electron chi connectivity index (χ0n) is 16.1. The van der Waals surface area contributed by atoms with Gasteiger partial charge in [0.05, 0.1) is 16.3 Å². The molecule has 1 N–H and O–H groups in total. The average molecular weight is 460 g/mol. The number of ether oxygens (including phenoxy) is 1. The SMILES string of the molecule is C=CCn1c(COc2cc(C)ccc2Cl)nnc1SCC(=O)Nc1sccc1C#N. The first-order valence-electron chi connectivity index (χ1n) is 8.84.